The SMILES string of the molecule is Clc1cnc(-c2nc(Cl)cc(C3CC3)n2)c(Cl)c1. The third kappa shape index (κ3) is 2.44. The van der Waals surface area contributed by atoms with E-state index < -0.39 is 0 Å². The Bertz CT molecular complexity index is 612. The molecule has 0 aliphatic heterocycles. The van der Waals surface area contributed by atoms with Crippen LogP contribution < -0.4 is 0 Å². The molecular formula is C12H8Cl3N3. The summed E-state index contributed by atoms with van der Waals surface area (Å²) in [6.45, 7) is 0. The maximum absolute atomic E-state index is 6.09. The van der Waals surface area contributed by atoms with Crippen LogP contribution in [-0.4, -0.2) is 15.0 Å². The first-order valence-corrected chi connectivity index (χ1v) is 6.63. The van der Waals surface area contributed by atoms with E-state index in [1.54, 1.807) is 12.1 Å². The molecule has 0 radical (unpaired) electrons. The molecule has 1 aliphatic carbocycles. The zero-order chi connectivity index (χ0) is 12.7. The predicted molar refractivity (Wildman–Crippen MR) is 72.3 cm³/mol. The lowest BCUT2D eigenvalue weighted by Crippen LogP contribution is -1.97. The lowest BCUT2D eigenvalue weighted by atomic mass is 10.2. The molecule has 0 amide bonds. The third-order valence-corrected chi connectivity index (χ3v) is 3.42. The summed E-state index contributed by atoms with van der Waals surface area (Å²) in [5, 5.41) is 1.31. The summed E-state index contributed by atoms with van der Waals surface area (Å²) in [7, 11) is 0. The summed E-state index contributed by atoms with van der Waals surface area (Å²) in [5.74, 6) is 0.946. The largest absolute Gasteiger partial charge is 0.250 e. The second-order valence-electron chi connectivity index (χ2n) is 4.20. The molecule has 3 rings (SSSR count). The molecule has 0 N–H and O–H groups in total. The van der Waals surface area contributed by atoms with Crippen molar-refractivity contribution < 1.29 is 0 Å². The molecule has 0 spiro atoms. The van der Waals surface area contributed by atoms with Gasteiger partial charge in [0, 0.05) is 17.8 Å². The van der Waals surface area contributed by atoms with Crippen LogP contribution >= 0.6 is 34.8 Å². The first kappa shape index (κ1) is 12.2. The normalized spacial score (nSPS) is 14.8. The molecule has 1 saturated carbocycles. The minimum atomic E-state index is 0.412. The standard InChI is InChI=1S/C12H8Cl3N3/c13-7-3-8(14)11(16-5-7)12-17-9(6-1-2-6)4-10(15)18-12/h3-6H,1-2H2. The minimum absolute atomic E-state index is 0.412. The van der Waals surface area contributed by atoms with Crippen molar-refractivity contribution >= 4 is 34.8 Å². The topological polar surface area (TPSA) is 38.7 Å². The molecule has 2 aromatic heterocycles. The van der Waals surface area contributed by atoms with Gasteiger partial charge in [0.05, 0.1) is 10.0 Å². The molecule has 2 aromatic rings. The van der Waals surface area contributed by atoms with E-state index in [0.717, 1.165) is 18.5 Å². The number of pyridine rings is 1. The smallest absolute Gasteiger partial charge is 0.181 e. The van der Waals surface area contributed by atoms with Gasteiger partial charge >= 0.3 is 0 Å². The van der Waals surface area contributed by atoms with Gasteiger partial charge in [-0.2, -0.15) is 0 Å². The van der Waals surface area contributed by atoms with Crippen molar-refractivity contribution in [1.82, 2.24) is 15.0 Å². The number of nitrogens with zero attached hydrogens (tertiary/aromatic N) is 3. The van der Waals surface area contributed by atoms with Crippen LogP contribution in [0.15, 0.2) is 18.3 Å². The molecule has 0 unspecified atom stereocenters. The zero-order valence-electron chi connectivity index (χ0n) is 9.20. The van der Waals surface area contributed by atoms with E-state index in [1.165, 1.54) is 6.20 Å². The van der Waals surface area contributed by atoms with Crippen LogP contribution in [0.5, 0.6) is 0 Å². The van der Waals surface area contributed by atoms with Crippen molar-refractivity contribution in [2.75, 3.05) is 0 Å². The van der Waals surface area contributed by atoms with Crippen LogP contribution in [0.3, 0.4) is 0 Å². The van der Waals surface area contributed by atoms with Gasteiger partial charge in [-0.25, -0.2) is 15.0 Å². The van der Waals surface area contributed by atoms with E-state index in [4.69, 9.17) is 34.8 Å². The molecule has 6 heteroatoms. The predicted octanol–water partition coefficient (Wildman–Crippen LogP) is 4.38. The van der Waals surface area contributed by atoms with Crippen molar-refractivity contribution in [2.45, 2.75) is 18.8 Å². The number of aromatic nitrogens is 3. The van der Waals surface area contributed by atoms with Crippen molar-refractivity contribution in [1.29, 1.82) is 0 Å². The van der Waals surface area contributed by atoms with Gasteiger partial charge in [0.15, 0.2) is 5.82 Å². The van der Waals surface area contributed by atoms with Gasteiger partial charge in [-0.05, 0) is 25.0 Å². The van der Waals surface area contributed by atoms with E-state index >= 15 is 0 Å². The maximum Gasteiger partial charge on any atom is 0.181 e. The number of hydrogen-bond donors (Lipinski definition) is 0. The summed E-state index contributed by atoms with van der Waals surface area (Å²) >= 11 is 17.9. The van der Waals surface area contributed by atoms with Crippen molar-refractivity contribution in [3.05, 3.63) is 39.2 Å². The van der Waals surface area contributed by atoms with E-state index in [1.807, 2.05) is 0 Å². The molecular weight excluding hydrogens is 293 g/mol. The fraction of sp³-hybridized carbons (Fsp3) is 0.250. The molecule has 3 nitrogen and oxygen atoms in total. The van der Waals surface area contributed by atoms with Gasteiger partial charge < -0.3 is 0 Å². The lowest BCUT2D eigenvalue weighted by molar-refractivity contribution is 0.987. The van der Waals surface area contributed by atoms with Crippen LogP contribution in [0, 0.1) is 0 Å². The Morgan fingerprint density at radius 2 is 1.83 bits per heavy atom. The lowest BCUT2D eigenvalue weighted by Gasteiger charge is -2.05. The van der Waals surface area contributed by atoms with Crippen LogP contribution in [0.25, 0.3) is 11.5 Å². The first-order valence-electron chi connectivity index (χ1n) is 5.49. The number of halogens is 3. The Morgan fingerprint density at radius 1 is 1.06 bits per heavy atom. The Labute approximate surface area is 119 Å². The third-order valence-electron chi connectivity index (χ3n) is 2.73. The van der Waals surface area contributed by atoms with E-state index in [-0.39, 0.29) is 0 Å². The number of hydrogen-bond acceptors (Lipinski definition) is 3. The molecule has 0 aromatic carbocycles. The summed E-state index contributed by atoms with van der Waals surface area (Å²) in [6, 6.07) is 3.42. The molecule has 0 atom stereocenters. The van der Waals surface area contributed by atoms with Crippen LogP contribution in [0.1, 0.15) is 24.5 Å². The van der Waals surface area contributed by atoms with Gasteiger partial charge in [-0.15, -0.1) is 0 Å². The van der Waals surface area contributed by atoms with Crippen LogP contribution in [0.2, 0.25) is 15.2 Å². The second-order valence-corrected chi connectivity index (χ2v) is 5.43. The van der Waals surface area contributed by atoms with Gasteiger partial charge in [-0.3, -0.25) is 0 Å². The Balaban J connectivity index is 2.10. The molecule has 18 heavy (non-hydrogen) atoms. The molecule has 1 aliphatic rings. The van der Waals surface area contributed by atoms with Crippen molar-refractivity contribution in [3.8, 4) is 11.5 Å². The summed E-state index contributed by atoms with van der Waals surface area (Å²) in [5.41, 5.74) is 1.46. The highest BCUT2D eigenvalue weighted by Gasteiger charge is 2.26. The van der Waals surface area contributed by atoms with Gasteiger partial charge in [0.1, 0.15) is 10.8 Å². The molecule has 0 bridgehead atoms. The van der Waals surface area contributed by atoms with E-state index in [0.29, 0.717) is 32.6 Å². The highest BCUT2D eigenvalue weighted by atomic mass is 35.5. The second kappa shape index (κ2) is 4.65. The maximum atomic E-state index is 6.09. The monoisotopic (exact) mass is 299 g/mol. The minimum Gasteiger partial charge on any atom is -0.250 e. The van der Waals surface area contributed by atoms with Gasteiger partial charge in [0.25, 0.3) is 0 Å². The molecule has 1 fully saturated rings. The molecule has 2 heterocycles. The van der Waals surface area contributed by atoms with Crippen LogP contribution in [-0.2, 0) is 0 Å². The van der Waals surface area contributed by atoms with Gasteiger partial charge in [0.2, 0.25) is 0 Å². The average molecular weight is 301 g/mol. The first-order chi connectivity index (χ1) is 8.63. The summed E-state index contributed by atoms with van der Waals surface area (Å²) < 4.78 is 0. The fourth-order valence-electron chi connectivity index (χ4n) is 1.71. The number of rotatable bonds is 2. The Kier molecular flexibility index (Phi) is 3.14. The van der Waals surface area contributed by atoms with Crippen molar-refractivity contribution in [2.24, 2.45) is 0 Å². The highest BCUT2D eigenvalue weighted by Crippen LogP contribution is 2.40. The highest BCUT2D eigenvalue weighted by molar-refractivity contribution is 6.36. The van der Waals surface area contributed by atoms with Crippen molar-refractivity contribution in [3.63, 3.8) is 0 Å². The van der Waals surface area contributed by atoms with Gasteiger partial charge in [-0.1, -0.05) is 34.8 Å². The van der Waals surface area contributed by atoms with E-state index in [9.17, 15) is 0 Å². The summed E-state index contributed by atoms with van der Waals surface area (Å²) in [6.07, 6.45) is 3.81. The Hall–Kier alpha value is -0.900. The molecule has 0 saturated heterocycles. The quantitative estimate of drug-likeness (QED) is 0.773. The zero-order valence-corrected chi connectivity index (χ0v) is 11.5. The average Bonchev–Trinajstić information content (AvgIpc) is 3.11. The summed E-state index contributed by atoms with van der Waals surface area (Å²) in [4.78, 5) is 12.8. The Morgan fingerprint density at radius 3 is 2.50 bits per heavy atom. The van der Waals surface area contributed by atoms with Crippen LogP contribution in [0.4, 0.5) is 0 Å². The molecule has 92 valence electrons. The fourth-order valence-corrected chi connectivity index (χ4v) is 2.36. The van der Waals surface area contributed by atoms with E-state index in [2.05, 4.69) is 15.0 Å².